The van der Waals surface area contributed by atoms with Crippen molar-refractivity contribution in [3.05, 3.63) is 58.4 Å². The van der Waals surface area contributed by atoms with E-state index in [1.807, 2.05) is 32.1 Å². The third kappa shape index (κ3) is 5.06. The summed E-state index contributed by atoms with van der Waals surface area (Å²) in [4.78, 5) is 14.5. The maximum atomic E-state index is 13.1. The lowest BCUT2D eigenvalue weighted by Crippen LogP contribution is -2.50. The number of amides is 1. The van der Waals surface area contributed by atoms with Crippen LogP contribution in [-0.4, -0.2) is 54.3 Å². The van der Waals surface area contributed by atoms with Crippen molar-refractivity contribution < 1.29 is 13.2 Å². The van der Waals surface area contributed by atoms with Crippen molar-refractivity contribution >= 4 is 22.0 Å². The van der Waals surface area contributed by atoms with Gasteiger partial charge in [0.05, 0.1) is 10.5 Å². The van der Waals surface area contributed by atoms with E-state index in [0.717, 1.165) is 23.5 Å². The average Bonchev–Trinajstić information content (AvgIpc) is 3.09. The summed E-state index contributed by atoms with van der Waals surface area (Å²) in [6, 6.07) is 12.0. The second-order valence-electron chi connectivity index (χ2n) is 8.80. The fourth-order valence-corrected chi connectivity index (χ4v) is 5.71. The van der Waals surface area contributed by atoms with Gasteiger partial charge in [-0.05, 0) is 49.6 Å². The molecule has 0 aliphatic carbocycles. The van der Waals surface area contributed by atoms with E-state index in [1.165, 1.54) is 21.3 Å². The third-order valence-corrected chi connectivity index (χ3v) is 7.92. The number of piperazine rings is 1. The first-order chi connectivity index (χ1) is 16.1. The molecule has 1 fully saturated rings. The van der Waals surface area contributed by atoms with Crippen molar-refractivity contribution in [2.45, 2.75) is 39.1 Å². The number of aryl methyl sites for hydroxylation is 1. The highest BCUT2D eigenvalue weighted by Crippen LogP contribution is 2.23. The minimum Gasteiger partial charge on any atom is -0.348 e. The van der Waals surface area contributed by atoms with Crippen LogP contribution in [0.4, 0.5) is 0 Å². The number of nitrogens with zero attached hydrogens (tertiary/aromatic N) is 5. The molecule has 0 bridgehead atoms. The summed E-state index contributed by atoms with van der Waals surface area (Å²) in [5.74, 6) is 0.0528. The SMILES string of the molecule is Cc1cc(/C=C(\C#N)C(=O)N2CCN(S(=O)(=O)c3ccccc3C#N)CC2)c(C)n1CC(C)C. The summed E-state index contributed by atoms with van der Waals surface area (Å²) in [6.45, 7) is 9.62. The van der Waals surface area contributed by atoms with Crippen molar-refractivity contribution in [2.24, 2.45) is 5.92 Å². The number of benzene rings is 1. The molecule has 8 nitrogen and oxygen atoms in total. The van der Waals surface area contributed by atoms with Crippen molar-refractivity contribution in [1.82, 2.24) is 13.8 Å². The standard InChI is InChI=1S/C25H29N5O3S/c1-18(2)17-30-19(3)13-22(20(30)4)14-23(16-27)25(31)28-9-11-29(12-10-28)34(32,33)24-8-6-5-7-21(24)15-26/h5-8,13-14,18H,9-12,17H2,1-4H3/b23-14+. The van der Waals surface area contributed by atoms with Crippen LogP contribution in [0.3, 0.4) is 0 Å². The van der Waals surface area contributed by atoms with Gasteiger partial charge in [0.1, 0.15) is 17.7 Å². The molecule has 1 aliphatic rings. The van der Waals surface area contributed by atoms with Crippen LogP contribution in [0.1, 0.15) is 36.4 Å². The van der Waals surface area contributed by atoms with Gasteiger partial charge in [0, 0.05) is 44.1 Å². The molecule has 9 heteroatoms. The van der Waals surface area contributed by atoms with Crippen molar-refractivity contribution in [3.63, 3.8) is 0 Å². The van der Waals surface area contributed by atoms with Crippen LogP contribution in [0.2, 0.25) is 0 Å². The lowest BCUT2D eigenvalue weighted by molar-refractivity contribution is -0.127. The Bertz CT molecular complexity index is 1300. The van der Waals surface area contributed by atoms with E-state index < -0.39 is 15.9 Å². The Morgan fingerprint density at radius 2 is 1.76 bits per heavy atom. The van der Waals surface area contributed by atoms with Gasteiger partial charge in [-0.15, -0.1) is 0 Å². The zero-order valence-electron chi connectivity index (χ0n) is 19.9. The molecule has 0 N–H and O–H groups in total. The summed E-state index contributed by atoms with van der Waals surface area (Å²) < 4.78 is 29.5. The van der Waals surface area contributed by atoms with E-state index in [-0.39, 0.29) is 42.2 Å². The molecule has 0 unspecified atom stereocenters. The smallest absolute Gasteiger partial charge is 0.264 e. The number of hydrogen-bond acceptors (Lipinski definition) is 5. The Hall–Kier alpha value is -3.40. The highest BCUT2D eigenvalue weighted by Gasteiger charge is 2.32. The fourth-order valence-electron chi connectivity index (χ4n) is 4.14. The largest absolute Gasteiger partial charge is 0.348 e. The lowest BCUT2D eigenvalue weighted by Gasteiger charge is -2.34. The highest BCUT2D eigenvalue weighted by atomic mass is 32.2. The van der Waals surface area contributed by atoms with Gasteiger partial charge in [-0.2, -0.15) is 14.8 Å². The Balaban J connectivity index is 1.76. The molecule has 2 heterocycles. The molecule has 0 saturated carbocycles. The van der Waals surface area contributed by atoms with Gasteiger partial charge in [0.25, 0.3) is 5.91 Å². The number of rotatable bonds is 6. The molecule has 178 valence electrons. The zero-order valence-corrected chi connectivity index (χ0v) is 20.8. The van der Waals surface area contributed by atoms with Gasteiger partial charge < -0.3 is 9.47 Å². The van der Waals surface area contributed by atoms with Gasteiger partial charge >= 0.3 is 0 Å². The van der Waals surface area contributed by atoms with Crippen LogP contribution in [-0.2, 0) is 21.4 Å². The van der Waals surface area contributed by atoms with E-state index in [9.17, 15) is 23.7 Å². The average molecular weight is 480 g/mol. The Morgan fingerprint density at radius 1 is 1.12 bits per heavy atom. The molecule has 0 atom stereocenters. The number of nitriles is 2. The maximum Gasteiger partial charge on any atom is 0.264 e. The molecule has 1 aliphatic heterocycles. The predicted molar refractivity (Wildman–Crippen MR) is 129 cm³/mol. The van der Waals surface area contributed by atoms with E-state index in [2.05, 4.69) is 18.4 Å². The van der Waals surface area contributed by atoms with Crippen LogP contribution in [0.5, 0.6) is 0 Å². The lowest BCUT2D eigenvalue weighted by atomic mass is 10.1. The molecule has 0 radical (unpaired) electrons. The third-order valence-electron chi connectivity index (χ3n) is 5.96. The van der Waals surface area contributed by atoms with Crippen molar-refractivity contribution in [2.75, 3.05) is 26.2 Å². The minimum atomic E-state index is -3.86. The van der Waals surface area contributed by atoms with E-state index in [0.29, 0.717) is 5.92 Å². The van der Waals surface area contributed by atoms with Crippen LogP contribution in [0.25, 0.3) is 6.08 Å². The second-order valence-corrected chi connectivity index (χ2v) is 10.7. The molecule has 1 saturated heterocycles. The van der Waals surface area contributed by atoms with Gasteiger partial charge in [-0.1, -0.05) is 26.0 Å². The number of hydrogen-bond donors (Lipinski definition) is 0. The first kappa shape index (κ1) is 25.2. The summed E-state index contributed by atoms with van der Waals surface area (Å²) >= 11 is 0. The van der Waals surface area contributed by atoms with E-state index in [4.69, 9.17) is 0 Å². The van der Waals surface area contributed by atoms with Gasteiger partial charge in [-0.3, -0.25) is 4.79 Å². The first-order valence-corrected chi connectivity index (χ1v) is 12.6. The van der Waals surface area contributed by atoms with E-state index >= 15 is 0 Å². The number of aromatic nitrogens is 1. The number of sulfonamides is 1. The molecule has 2 aromatic rings. The summed E-state index contributed by atoms with van der Waals surface area (Å²) in [5, 5.41) is 18.9. The topological polar surface area (TPSA) is 110 Å². The Kier molecular flexibility index (Phi) is 7.61. The summed E-state index contributed by atoms with van der Waals surface area (Å²) in [6.07, 6.45) is 1.62. The Morgan fingerprint density at radius 3 is 2.35 bits per heavy atom. The zero-order chi connectivity index (χ0) is 25.0. The normalized spacial score (nSPS) is 15.3. The van der Waals surface area contributed by atoms with Crippen LogP contribution < -0.4 is 0 Å². The fraction of sp³-hybridized carbons (Fsp3) is 0.400. The quantitative estimate of drug-likeness (QED) is 0.467. The van der Waals surface area contributed by atoms with Crippen LogP contribution in [0, 0.1) is 42.4 Å². The molecule has 34 heavy (non-hydrogen) atoms. The van der Waals surface area contributed by atoms with E-state index in [1.54, 1.807) is 18.2 Å². The Labute approximate surface area is 201 Å². The molecular formula is C25H29N5O3S. The van der Waals surface area contributed by atoms with Gasteiger partial charge in [0.15, 0.2) is 0 Å². The van der Waals surface area contributed by atoms with Gasteiger partial charge in [-0.25, -0.2) is 8.42 Å². The molecular weight excluding hydrogens is 450 g/mol. The second kappa shape index (κ2) is 10.3. The molecule has 1 aromatic heterocycles. The number of carbonyl (C=O) groups excluding carboxylic acids is 1. The van der Waals surface area contributed by atoms with Crippen LogP contribution in [0.15, 0.2) is 40.8 Å². The molecule has 0 spiro atoms. The predicted octanol–water partition coefficient (Wildman–Crippen LogP) is 3.07. The highest BCUT2D eigenvalue weighted by molar-refractivity contribution is 7.89. The van der Waals surface area contributed by atoms with Gasteiger partial charge in [0.2, 0.25) is 10.0 Å². The van der Waals surface area contributed by atoms with Crippen molar-refractivity contribution in [3.8, 4) is 12.1 Å². The maximum absolute atomic E-state index is 13.1. The summed E-state index contributed by atoms with van der Waals surface area (Å²) in [5.41, 5.74) is 3.01. The molecule has 1 amide bonds. The number of carbonyl (C=O) groups is 1. The molecule has 1 aromatic carbocycles. The molecule has 3 rings (SSSR count). The minimum absolute atomic E-state index is 0.0240. The van der Waals surface area contributed by atoms with Crippen LogP contribution >= 0.6 is 0 Å². The first-order valence-electron chi connectivity index (χ1n) is 11.2. The summed E-state index contributed by atoms with van der Waals surface area (Å²) in [7, 11) is -3.86. The monoisotopic (exact) mass is 479 g/mol. The van der Waals surface area contributed by atoms with Crippen molar-refractivity contribution in [1.29, 1.82) is 10.5 Å².